The van der Waals surface area contributed by atoms with Crippen LogP contribution in [0, 0.1) is 0 Å². The van der Waals surface area contributed by atoms with Crippen LogP contribution in [0.5, 0.6) is 0 Å². The van der Waals surface area contributed by atoms with Gasteiger partial charge in [0, 0.05) is 17.1 Å². The summed E-state index contributed by atoms with van der Waals surface area (Å²) in [6, 6.07) is 64.9. The van der Waals surface area contributed by atoms with Gasteiger partial charge in [0.2, 0.25) is 0 Å². The molecule has 214 valence electrons. The van der Waals surface area contributed by atoms with Crippen LogP contribution >= 0.6 is 0 Å². The molecule has 2 aliphatic rings. The summed E-state index contributed by atoms with van der Waals surface area (Å²) < 4.78 is 0. The Labute approximate surface area is 268 Å². The average molecular weight is 584 g/mol. The minimum Gasteiger partial charge on any atom is -0.310 e. The van der Waals surface area contributed by atoms with E-state index < -0.39 is 5.41 Å². The maximum absolute atomic E-state index is 2.47. The second-order valence-electron chi connectivity index (χ2n) is 12.5. The second kappa shape index (κ2) is 9.54. The normalized spacial score (nSPS) is 13.4. The zero-order chi connectivity index (χ0) is 30.2. The van der Waals surface area contributed by atoms with Gasteiger partial charge >= 0.3 is 0 Å². The molecule has 0 atom stereocenters. The SMILES string of the molecule is c1ccc(N(c2ccccc2)c2ccc3c4c(ccc3c2)-c2cc3ccccc3cc2C42c3ccccc3-c3ccccc32)cc1. The molecule has 0 heterocycles. The fourth-order valence-corrected chi connectivity index (χ4v) is 8.39. The molecule has 1 spiro atoms. The van der Waals surface area contributed by atoms with Gasteiger partial charge in [-0.25, -0.2) is 0 Å². The fraction of sp³-hybridized carbons (Fsp3) is 0.0222. The maximum Gasteiger partial charge on any atom is 0.0731 e. The van der Waals surface area contributed by atoms with Gasteiger partial charge < -0.3 is 4.90 Å². The van der Waals surface area contributed by atoms with E-state index in [1.807, 2.05) is 0 Å². The van der Waals surface area contributed by atoms with E-state index in [1.165, 1.54) is 66.1 Å². The molecular weight excluding hydrogens is 555 g/mol. The number of para-hydroxylation sites is 2. The Hall–Kier alpha value is -5.92. The molecule has 0 radical (unpaired) electrons. The summed E-state index contributed by atoms with van der Waals surface area (Å²) in [5.74, 6) is 0. The Balaban J connectivity index is 1.30. The average Bonchev–Trinajstić information content (AvgIpc) is 3.58. The van der Waals surface area contributed by atoms with E-state index in [2.05, 4.69) is 181 Å². The first-order valence-corrected chi connectivity index (χ1v) is 16.0. The highest BCUT2D eigenvalue weighted by molar-refractivity contribution is 6.07. The minimum absolute atomic E-state index is 0.401. The molecule has 10 rings (SSSR count). The number of anilines is 3. The Morgan fingerprint density at radius 1 is 0.326 bits per heavy atom. The molecule has 0 amide bonds. The number of nitrogens with zero attached hydrogens (tertiary/aromatic N) is 1. The molecule has 0 saturated carbocycles. The summed E-state index contributed by atoms with van der Waals surface area (Å²) in [4.78, 5) is 2.35. The summed E-state index contributed by atoms with van der Waals surface area (Å²) in [6.45, 7) is 0. The number of fused-ring (bicyclic) bond motifs is 13. The monoisotopic (exact) mass is 583 g/mol. The van der Waals surface area contributed by atoms with E-state index in [4.69, 9.17) is 0 Å². The molecule has 0 N–H and O–H groups in total. The quantitative estimate of drug-likeness (QED) is 0.200. The number of benzene rings is 8. The largest absolute Gasteiger partial charge is 0.310 e. The third-order valence-corrected chi connectivity index (χ3v) is 10.2. The van der Waals surface area contributed by atoms with Crippen molar-refractivity contribution in [1.82, 2.24) is 0 Å². The van der Waals surface area contributed by atoms with Crippen molar-refractivity contribution in [3.05, 3.63) is 198 Å². The Kier molecular flexibility index (Phi) is 5.27. The van der Waals surface area contributed by atoms with Gasteiger partial charge in [-0.05, 0) is 115 Å². The van der Waals surface area contributed by atoms with Gasteiger partial charge in [-0.15, -0.1) is 0 Å². The number of hydrogen-bond acceptors (Lipinski definition) is 1. The van der Waals surface area contributed by atoms with E-state index in [-0.39, 0.29) is 0 Å². The zero-order valence-corrected chi connectivity index (χ0v) is 25.2. The van der Waals surface area contributed by atoms with Crippen molar-refractivity contribution in [1.29, 1.82) is 0 Å². The van der Waals surface area contributed by atoms with Gasteiger partial charge in [-0.3, -0.25) is 0 Å². The van der Waals surface area contributed by atoms with Crippen LogP contribution in [-0.4, -0.2) is 0 Å². The summed E-state index contributed by atoms with van der Waals surface area (Å²) in [7, 11) is 0. The van der Waals surface area contributed by atoms with Crippen LogP contribution in [0.25, 0.3) is 43.8 Å². The zero-order valence-electron chi connectivity index (χ0n) is 25.2. The Bertz CT molecular complexity index is 2390. The van der Waals surface area contributed by atoms with Crippen molar-refractivity contribution in [2.45, 2.75) is 5.41 Å². The molecule has 8 aromatic rings. The first-order valence-electron chi connectivity index (χ1n) is 16.0. The van der Waals surface area contributed by atoms with Crippen molar-refractivity contribution in [3.8, 4) is 22.3 Å². The molecule has 8 aromatic carbocycles. The van der Waals surface area contributed by atoms with Crippen molar-refractivity contribution in [3.63, 3.8) is 0 Å². The first kappa shape index (κ1) is 25.4. The van der Waals surface area contributed by atoms with E-state index in [0.29, 0.717) is 0 Å². The van der Waals surface area contributed by atoms with Gasteiger partial charge in [0.1, 0.15) is 0 Å². The molecule has 46 heavy (non-hydrogen) atoms. The van der Waals surface area contributed by atoms with Crippen molar-refractivity contribution in [2.24, 2.45) is 0 Å². The lowest BCUT2D eigenvalue weighted by Crippen LogP contribution is -2.26. The lowest BCUT2D eigenvalue weighted by Gasteiger charge is -2.32. The van der Waals surface area contributed by atoms with E-state index in [0.717, 1.165) is 17.1 Å². The molecule has 0 aliphatic heterocycles. The molecule has 0 fully saturated rings. The Morgan fingerprint density at radius 2 is 0.891 bits per heavy atom. The standard InChI is InChI=1S/C45H29N/c1-3-15-33(16-4-1)46(34-17-5-2-6-18-34)35-24-26-36-32(27-35)23-25-39-40-28-30-13-7-8-14-31(30)29-43(40)45(44(36)39)41-21-11-9-19-37(41)38-20-10-12-22-42(38)45/h1-29H. The van der Waals surface area contributed by atoms with Gasteiger partial charge in [0.15, 0.2) is 0 Å². The third kappa shape index (κ3) is 3.35. The summed E-state index contributed by atoms with van der Waals surface area (Å²) in [5.41, 5.74) is 13.9. The lowest BCUT2D eigenvalue weighted by atomic mass is 9.69. The van der Waals surface area contributed by atoms with Crippen LogP contribution in [0.4, 0.5) is 17.1 Å². The molecule has 0 aromatic heterocycles. The highest BCUT2D eigenvalue weighted by atomic mass is 15.1. The fourth-order valence-electron chi connectivity index (χ4n) is 8.39. The van der Waals surface area contributed by atoms with Gasteiger partial charge in [-0.1, -0.05) is 127 Å². The first-order chi connectivity index (χ1) is 22.8. The smallest absolute Gasteiger partial charge is 0.0731 e. The van der Waals surface area contributed by atoms with Gasteiger partial charge in [-0.2, -0.15) is 0 Å². The van der Waals surface area contributed by atoms with Crippen LogP contribution in [0.1, 0.15) is 22.3 Å². The highest BCUT2D eigenvalue weighted by Crippen LogP contribution is 2.64. The minimum atomic E-state index is -0.401. The topological polar surface area (TPSA) is 3.24 Å². The predicted molar refractivity (Wildman–Crippen MR) is 192 cm³/mol. The van der Waals surface area contributed by atoms with Crippen molar-refractivity contribution < 1.29 is 0 Å². The lowest BCUT2D eigenvalue weighted by molar-refractivity contribution is 0.802. The number of hydrogen-bond donors (Lipinski definition) is 0. The van der Waals surface area contributed by atoms with Gasteiger partial charge in [0.25, 0.3) is 0 Å². The highest BCUT2D eigenvalue weighted by Gasteiger charge is 2.52. The molecular formula is C45H29N. The maximum atomic E-state index is 2.47. The molecule has 1 heteroatoms. The van der Waals surface area contributed by atoms with Crippen molar-refractivity contribution >= 4 is 38.6 Å². The van der Waals surface area contributed by atoms with E-state index >= 15 is 0 Å². The van der Waals surface area contributed by atoms with Crippen LogP contribution < -0.4 is 4.90 Å². The van der Waals surface area contributed by atoms with Gasteiger partial charge in [0.05, 0.1) is 5.41 Å². The molecule has 0 bridgehead atoms. The molecule has 2 aliphatic carbocycles. The number of rotatable bonds is 3. The van der Waals surface area contributed by atoms with E-state index in [1.54, 1.807) is 0 Å². The Morgan fingerprint density at radius 3 is 1.54 bits per heavy atom. The van der Waals surface area contributed by atoms with Crippen LogP contribution in [0.15, 0.2) is 176 Å². The van der Waals surface area contributed by atoms with Crippen molar-refractivity contribution in [2.75, 3.05) is 4.90 Å². The van der Waals surface area contributed by atoms with Crippen LogP contribution in [-0.2, 0) is 5.41 Å². The second-order valence-corrected chi connectivity index (χ2v) is 12.5. The summed E-state index contributed by atoms with van der Waals surface area (Å²) in [6.07, 6.45) is 0. The van der Waals surface area contributed by atoms with Crippen LogP contribution in [0.3, 0.4) is 0 Å². The third-order valence-electron chi connectivity index (χ3n) is 10.2. The van der Waals surface area contributed by atoms with Crippen LogP contribution in [0.2, 0.25) is 0 Å². The van der Waals surface area contributed by atoms with E-state index in [9.17, 15) is 0 Å². The summed E-state index contributed by atoms with van der Waals surface area (Å²) >= 11 is 0. The molecule has 1 nitrogen and oxygen atoms in total. The molecule has 0 unspecified atom stereocenters. The molecule has 0 saturated heterocycles. The summed E-state index contributed by atoms with van der Waals surface area (Å²) in [5, 5.41) is 5.10. The predicted octanol–water partition coefficient (Wildman–Crippen LogP) is 11.8.